The molecule has 2 aromatic rings. The Balaban J connectivity index is 1.82. The maximum Gasteiger partial charge on any atom is 0.256 e. The van der Waals surface area contributed by atoms with Crippen molar-refractivity contribution >= 4 is 11.9 Å². The monoisotopic (exact) mass is 301 g/mol. The Bertz CT molecular complexity index is 650. The minimum absolute atomic E-state index is 0.227. The summed E-state index contributed by atoms with van der Waals surface area (Å²) >= 11 is 0. The predicted molar refractivity (Wildman–Crippen MR) is 80.5 cm³/mol. The Hall–Kier alpha value is -2.41. The van der Waals surface area contributed by atoms with Crippen LogP contribution < -0.4 is 5.73 Å². The second-order valence-corrected chi connectivity index (χ2v) is 5.45. The molecule has 0 radical (unpaired) electrons. The molecular weight excluding hydrogens is 282 g/mol. The van der Waals surface area contributed by atoms with Gasteiger partial charge in [0.25, 0.3) is 5.91 Å². The highest BCUT2D eigenvalue weighted by Crippen LogP contribution is 2.32. The fourth-order valence-electron chi connectivity index (χ4n) is 2.79. The van der Waals surface area contributed by atoms with Gasteiger partial charge < -0.3 is 15.7 Å². The van der Waals surface area contributed by atoms with Crippen LogP contribution in [0, 0.1) is 0 Å². The number of nitrogens with two attached hydrogens (primary N) is 1. The lowest BCUT2D eigenvalue weighted by Gasteiger charge is -2.25. The topological polar surface area (TPSA) is 97.3 Å². The first-order valence-electron chi connectivity index (χ1n) is 7.28. The second-order valence-electron chi connectivity index (χ2n) is 5.45. The normalized spacial score (nSPS) is 19.4. The first kappa shape index (κ1) is 14.5. The fourth-order valence-corrected chi connectivity index (χ4v) is 2.79. The van der Waals surface area contributed by atoms with Crippen LogP contribution in [0.4, 0.5) is 5.95 Å². The van der Waals surface area contributed by atoms with Crippen LogP contribution in [0.25, 0.3) is 0 Å². The van der Waals surface area contributed by atoms with Crippen LogP contribution >= 0.6 is 0 Å². The van der Waals surface area contributed by atoms with E-state index in [0.717, 1.165) is 12.8 Å². The van der Waals surface area contributed by atoms with Crippen LogP contribution in [-0.2, 0) is 11.8 Å². The number of amides is 1. The van der Waals surface area contributed by atoms with Crippen LogP contribution in [0.5, 0.6) is 0 Å². The number of anilines is 1. The maximum atomic E-state index is 12.6. The van der Waals surface area contributed by atoms with E-state index in [0.29, 0.717) is 23.9 Å². The lowest BCUT2D eigenvalue weighted by Crippen LogP contribution is -2.35. The minimum Gasteiger partial charge on any atom is -0.378 e. The number of aliphatic hydroxyl groups is 1. The van der Waals surface area contributed by atoms with Gasteiger partial charge in [-0.2, -0.15) is 10.1 Å². The summed E-state index contributed by atoms with van der Waals surface area (Å²) in [5.41, 5.74) is 6.31. The third kappa shape index (κ3) is 2.55. The number of hydrogen-bond donors (Lipinski definition) is 2. The van der Waals surface area contributed by atoms with Crippen molar-refractivity contribution in [2.75, 3.05) is 12.3 Å². The molecule has 0 spiro atoms. The van der Waals surface area contributed by atoms with Gasteiger partial charge in [0.15, 0.2) is 11.9 Å². The average Bonchev–Trinajstić information content (AvgIpc) is 3.14. The van der Waals surface area contributed by atoms with Crippen molar-refractivity contribution in [3.05, 3.63) is 41.7 Å². The Labute approximate surface area is 128 Å². The van der Waals surface area contributed by atoms with Crippen LogP contribution in [0.15, 0.2) is 30.3 Å². The van der Waals surface area contributed by atoms with E-state index in [1.54, 1.807) is 36.2 Å². The number of hydrogen-bond acceptors (Lipinski definition) is 5. The fraction of sp³-hybridized carbons (Fsp3) is 0.400. The molecule has 1 saturated heterocycles. The average molecular weight is 301 g/mol. The highest BCUT2D eigenvalue weighted by molar-refractivity contribution is 5.82. The van der Waals surface area contributed by atoms with Crippen molar-refractivity contribution in [3.63, 3.8) is 0 Å². The van der Waals surface area contributed by atoms with Crippen molar-refractivity contribution < 1.29 is 9.90 Å². The second kappa shape index (κ2) is 5.76. The van der Waals surface area contributed by atoms with E-state index < -0.39 is 6.10 Å². The smallest absolute Gasteiger partial charge is 0.256 e. The van der Waals surface area contributed by atoms with Crippen molar-refractivity contribution in [2.45, 2.75) is 25.0 Å². The Morgan fingerprint density at radius 2 is 2.14 bits per heavy atom. The van der Waals surface area contributed by atoms with Crippen LogP contribution in [-0.4, -0.2) is 37.2 Å². The standard InChI is InChI=1S/C15H19N5O2/c1-19-15(16)17-13(18-19)11-8-5-9-20(11)14(22)12(21)10-6-3-2-4-7-10/h2-4,6-7,11-12,21H,5,8-9H2,1H3,(H2,16,17,18)/t11?,12-/m1/s1. The molecule has 7 nitrogen and oxygen atoms in total. The molecule has 1 aliphatic heterocycles. The van der Waals surface area contributed by atoms with Gasteiger partial charge in [0.2, 0.25) is 5.95 Å². The number of nitrogens with zero attached hydrogens (tertiary/aromatic N) is 4. The zero-order valence-corrected chi connectivity index (χ0v) is 12.4. The Kier molecular flexibility index (Phi) is 3.81. The third-order valence-corrected chi connectivity index (χ3v) is 4.00. The molecule has 1 aromatic heterocycles. The van der Waals surface area contributed by atoms with Crippen LogP contribution in [0.3, 0.4) is 0 Å². The summed E-state index contributed by atoms with van der Waals surface area (Å²) in [6.07, 6.45) is 0.468. The van der Waals surface area contributed by atoms with Gasteiger partial charge in [-0.15, -0.1) is 0 Å². The van der Waals surface area contributed by atoms with Gasteiger partial charge in [0.05, 0.1) is 6.04 Å². The molecule has 22 heavy (non-hydrogen) atoms. The van der Waals surface area contributed by atoms with Gasteiger partial charge in [0.1, 0.15) is 0 Å². The van der Waals surface area contributed by atoms with E-state index >= 15 is 0 Å². The van der Waals surface area contributed by atoms with E-state index in [9.17, 15) is 9.90 Å². The van der Waals surface area contributed by atoms with E-state index in [1.807, 2.05) is 6.07 Å². The third-order valence-electron chi connectivity index (χ3n) is 4.00. The number of carbonyl (C=O) groups excluding carboxylic acids is 1. The molecule has 0 aliphatic carbocycles. The molecule has 2 atom stereocenters. The molecule has 1 unspecified atom stereocenters. The van der Waals surface area contributed by atoms with E-state index in [1.165, 1.54) is 4.68 Å². The summed E-state index contributed by atoms with van der Waals surface area (Å²) in [6.45, 7) is 0.589. The first-order valence-corrected chi connectivity index (χ1v) is 7.28. The number of aryl methyl sites for hydroxylation is 1. The number of benzene rings is 1. The SMILES string of the molecule is Cn1nc(C2CCCN2C(=O)[C@H](O)c2ccccc2)nc1N. The largest absolute Gasteiger partial charge is 0.378 e. The Morgan fingerprint density at radius 1 is 1.41 bits per heavy atom. The lowest BCUT2D eigenvalue weighted by atomic mass is 10.1. The highest BCUT2D eigenvalue weighted by Gasteiger charge is 2.36. The van der Waals surface area contributed by atoms with Crippen LogP contribution in [0.2, 0.25) is 0 Å². The molecule has 7 heteroatoms. The van der Waals surface area contributed by atoms with Gasteiger partial charge in [-0.1, -0.05) is 30.3 Å². The number of nitrogen functional groups attached to an aromatic ring is 1. The summed E-state index contributed by atoms with van der Waals surface area (Å²) in [5.74, 6) is 0.531. The zero-order valence-electron chi connectivity index (χ0n) is 12.4. The molecule has 1 fully saturated rings. The molecule has 0 saturated carbocycles. The van der Waals surface area contributed by atoms with E-state index in [2.05, 4.69) is 10.1 Å². The van der Waals surface area contributed by atoms with Crippen molar-refractivity contribution in [3.8, 4) is 0 Å². The molecule has 0 bridgehead atoms. The molecule has 3 N–H and O–H groups in total. The predicted octanol–water partition coefficient (Wildman–Crippen LogP) is 0.794. The van der Waals surface area contributed by atoms with Crippen molar-refractivity contribution in [1.82, 2.24) is 19.7 Å². The van der Waals surface area contributed by atoms with Crippen LogP contribution in [0.1, 0.15) is 36.4 Å². The molecular formula is C15H19N5O2. The number of aliphatic hydroxyl groups excluding tert-OH is 1. The molecule has 3 rings (SSSR count). The summed E-state index contributed by atoms with van der Waals surface area (Å²) < 4.78 is 1.49. The van der Waals surface area contributed by atoms with Gasteiger partial charge in [0, 0.05) is 13.6 Å². The molecule has 2 heterocycles. The zero-order chi connectivity index (χ0) is 15.7. The molecule has 1 aliphatic rings. The number of rotatable bonds is 3. The lowest BCUT2D eigenvalue weighted by molar-refractivity contribution is -0.141. The molecule has 1 aromatic carbocycles. The Morgan fingerprint density at radius 3 is 2.77 bits per heavy atom. The number of carbonyl (C=O) groups is 1. The maximum absolute atomic E-state index is 12.6. The first-order chi connectivity index (χ1) is 10.6. The molecule has 1 amide bonds. The quantitative estimate of drug-likeness (QED) is 0.873. The van der Waals surface area contributed by atoms with E-state index in [-0.39, 0.29) is 11.9 Å². The van der Waals surface area contributed by atoms with Gasteiger partial charge in [-0.3, -0.25) is 4.79 Å². The van der Waals surface area contributed by atoms with Crippen molar-refractivity contribution in [1.29, 1.82) is 0 Å². The minimum atomic E-state index is -1.16. The summed E-state index contributed by atoms with van der Waals surface area (Å²) in [4.78, 5) is 18.5. The van der Waals surface area contributed by atoms with E-state index in [4.69, 9.17) is 5.73 Å². The van der Waals surface area contributed by atoms with Gasteiger partial charge in [-0.25, -0.2) is 4.68 Å². The summed E-state index contributed by atoms with van der Waals surface area (Å²) in [6, 6.07) is 8.70. The van der Waals surface area contributed by atoms with Gasteiger partial charge in [-0.05, 0) is 18.4 Å². The number of likely N-dealkylation sites (tertiary alicyclic amines) is 1. The summed E-state index contributed by atoms with van der Waals surface area (Å²) in [5, 5.41) is 14.6. The summed E-state index contributed by atoms with van der Waals surface area (Å²) in [7, 11) is 1.71. The molecule has 116 valence electrons. The number of aromatic nitrogens is 3. The highest BCUT2D eigenvalue weighted by atomic mass is 16.3. The van der Waals surface area contributed by atoms with Gasteiger partial charge >= 0.3 is 0 Å². The van der Waals surface area contributed by atoms with Crippen molar-refractivity contribution in [2.24, 2.45) is 7.05 Å².